The van der Waals surface area contributed by atoms with Crippen molar-refractivity contribution in [2.75, 3.05) is 23.7 Å². The van der Waals surface area contributed by atoms with E-state index in [1.54, 1.807) is 6.07 Å². The second-order valence-corrected chi connectivity index (χ2v) is 6.78. The van der Waals surface area contributed by atoms with Crippen LogP contribution in [0.25, 0.3) is 0 Å². The molecule has 0 N–H and O–H groups in total. The minimum atomic E-state index is -0.501. The highest BCUT2D eigenvalue weighted by Gasteiger charge is 2.15. The van der Waals surface area contributed by atoms with Crippen molar-refractivity contribution < 1.29 is 9.72 Å². The van der Waals surface area contributed by atoms with E-state index in [1.807, 2.05) is 6.07 Å². The molecule has 2 aromatic rings. The molecule has 1 fully saturated rings. The van der Waals surface area contributed by atoms with Crippen molar-refractivity contribution in [3.05, 3.63) is 52.3 Å². The van der Waals surface area contributed by atoms with Crippen LogP contribution >= 0.6 is 11.8 Å². The van der Waals surface area contributed by atoms with Gasteiger partial charge in [-0.1, -0.05) is 23.9 Å². The number of benzene rings is 1. The van der Waals surface area contributed by atoms with Gasteiger partial charge in [-0.05, 0) is 19.3 Å². The fourth-order valence-corrected chi connectivity index (χ4v) is 3.48. The highest BCUT2D eigenvalue weighted by molar-refractivity contribution is 7.99. The van der Waals surface area contributed by atoms with Crippen LogP contribution in [0.1, 0.15) is 29.6 Å². The van der Waals surface area contributed by atoms with Crippen molar-refractivity contribution in [2.24, 2.45) is 0 Å². The molecule has 0 saturated carbocycles. The predicted octanol–water partition coefficient (Wildman–Crippen LogP) is 3.35. The van der Waals surface area contributed by atoms with E-state index < -0.39 is 4.92 Å². The van der Waals surface area contributed by atoms with Crippen LogP contribution < -0.4 is 4.90 Å². The Kier molecular flexibility index (Phi) is 5.60. The van der Waals surface area contributed by atoms with Gasteiger partial charge in [-0.25, -0.2) is 9.97 Å². The van der Waals surface area contributed by atoms with Gasteiger partial charge in [0.1, 0.15) is 17.2 Å². The van der Waals surface area contributed by atoms with Crippen LogP contribution in [0.4, 0.5) is 11.5 Å². The number of anilines is 1. The number of thioether (sulfide) groups is 1. The fourth-order valence-electron chi connectivity index (χ4n) is 2.72. The van der Waals surface area contributed by atoms with Gasteiger partial charge in [-0.2, -0.15) is 0 Å². The van der Waals surface area contributed by atoms with Gasteiger partial charge in [0.05, 0.1) is 10.7 Å². The first-order valence-corrected chi connectivity index (χ1v) is 9.09. The average molecular weight is 358 g/mol. The monoisotopic (exact) mass is 358 g/mol. The van der Waals surface area contributed by atoms with Gasteiger partial charge >= 0.3 is 0 Å². The lowest BCUT2D eigenvalue weighted by molar-refractivity contribution is -0.384. The summed E-state index contributed by atoms with van der Waals surface area (Å²) in [5.41, 5.74) is 0.261. The molecule has 130 valence electrons. The molecule has 0 radical (unpaired) electrons. The van der Waals surface area contributed by atoms with E-state index in [4.69, 9.17) is 0 Å². The number of piperidine rings is 1. The highest BCUT2D eigenvalue weighted by Crippen LogP contribution is 2.23. The first kappa shape index (κ1) is 17.3. The summed E-state index contributed by atoms with van der Waals surface area (Å²) in [6.45, 7) is 1.99. The molecule has 0 atom stereocenters. The van der Waals surface area contributed by atoms with Crippen molar-refractivity contribution in [3.8, 4) is 0 Å². The maximum Gasteiger partial charge on any atom is 0.270 e. The zero-order valence-electron chi connectivity index (χ0n) is 13.6. The second kappa shape index (κ2) is 8.06. The van der Waals surface area contributed by atoms with E-state index in [-0.39, 0.29) is 17.2 Å². The Labute approximate surface area is 149 Å². The van der Waals surface area contributed by atoms with Gasteiger partial charge in [-0.15, -0.1) is 0 Å². The van der Waals surface area contributed by atoms with Gasteiger partial charge in [-0.3, -0.25) is 14.9 Å². The Morgan fingerprint density at radius 1 is 1.20 bits per heavy atom. The number of hydrogen-bond donors (Lipinski definition) is 0. The Morgan fingerprint density at radius 2 is 2.00 bits per heavy atom. The third-order valence-electron chi connectivity index (χ3n) is 4.04. The topological polar surface area (TPSA) is 89.2 Å². The molecule has 0 spiro atoms. The first-order chi connectivity index (χ1) is 12.1. The molecule has 0 amide bonds. The number of rotatable bonds is 6. The van der Waals surface area contributed by atoms with Crippen LogP contribution in [0.15, 0.2) is 41.7 Å². The molecular formula is C17H18N4O3S. The normalized spacial score (nSPS) is 14.3. The molecule has 7 nitrogen and oxygen atoms in total. The smallest absolute Gasteiger partial charge is 0.270 e. The Morgan fingerprint density at radius 3 is 2.76 bits per heavy atom. The molecule has 25 heavy (non-hydrogen) atoms. The Bertz CT molecular complexity index is 778. The number of hydrogen-bond acceptors (Lipinski definition) is 7. The van der Waals surface area contributed by atoms with Crippen molar-refractivity contribution in [2.45, 2.75) is 24.3 Å². The zero-order valence-corrected chi connectivity index (χ0v) is 14.4. The van der Waals surface area contributed by atoms with Crippen LogP contribution in [0.2, 0.25) is 0 Å². The number of carbonyl (C=O) groups is 1. The largest absolute Gasteiger partial charge is 0.356 e. The van der Waals surface area contributed by atoms with Gasteiger partial charge < -0.3 is 4.90 Å². The summed E-state index contributed by atoms with van der Waals surface area (Å²) in [6, 6.07) is 7.70. The van der Waals surface area contributed by atoms with E-state index in [0.29, 0.717) is 5.56 Å². The van der Waals surface area contributed by atoms with Gasteiger partial charge in [0.2, 0.25) is 0 Å². The van der Waals surface area contributed by atoms with E-state index in [2.05, 4.69) is 14.9 Å². The lowest BCUT2D eigenvalue weighted by Gasteiger charge is -2.27. The van der Waals surface area contributed by atoms with Crippen LogP contribution in [0.5, 0.6) is 0 Å². The standard InChI is InChI=1S/C17H18N4O3S/c22-15(13-5-4-6-14(9-13)21(23)24)11-25-17-10-16(18-12-19-17)20-7-2-1-3-8-20/h4-6,9-10,12H,1-3,7-8,11H2. The first-order valence-electron chi connectivity index (χ1n) is 8.11. The molecule has 1 aromatic heterocycles. The number of carbonyl (C=O) groups excluding carboxylic acids is 1. The highest BCUT2D eigenvalue weighted by atomic mass is 32.2. The van der Waals surface area contributed by atoms with E-state index >= 15 is 0 Å². The minimum Gasteiger partial charge on any atom is -0.356 e. The lowest BCUT2D eigenvalue weighted by atomic mass is 10.1. The van der Waals surface area contributed by atoms with Crippen molar-refractivity contribution in [1.29, 1.82) is 0 Å². The van der Waals surface area contributed by atoms with Gasteiger partial charge in [0.15, 0.2) is 5.78 Å². The number of nitro groups is 1. The fraction of sp³-hybridized carbons (Fsp3) is 0.353. The molecule has 1 aliphatic heterocycles. The summed E-state index contributed by atoms with van der Waals surface area (Å²) >= 11 is 1.32. The summed E-state index contributed by atoms with van der Waals surface area (Å²) in [6.07, 6.45) is 5.10. The second-order valence-electron chi connectivity index (χ2n) is 5.78. The predicted molar refractivity (Wildman–Crippen MR) is 96.2 cm³/mol. The summed E-state index contributed by atoms with van der Waals surface area (Å²) < 4.78 is 0. The summed E-state index contributed by atoms with van der Waals surface area (Å²) in [7, 11) is 0. The molecule has 2 heterocycles. The summed E-state index contributed by atoms with van der Waals surface area (Å²) in [4.78, 5) is 33.4. The van der Waals surface area contributed by atoms with Gasteiger partial charge in [0.25, 0.3) is 5.69 Å². The molecule has 0 unspecified atom stereocenters. The average Bonchev–Trinajstić information content (AvgIpc) is 2.67. The number of nitrogens with zero attached hydrogens (tertiary/aromatic N) is 4. The Hall–Kier alpha value is -2.48. The third-order valence-corrected chi connectivity index (χ3v) is 4.96. The van der Waals surface area contributed by atoms with Crippen LogP contribution in [-0.2, 0) is 0 Å². The number of non-ortho nitro benzene ring substituents is 1. The van der Waals surface area contributed by atoms with E-state index in [9.17, 15) is 14.9 Å². The number of ketones is 1. The number of Topliss-reactive ketones (excluding diaryl/α,β-unsaturated/α-hetero) is 1. The van der Waals surface area contributed by atoms with Crippen LogP contribution in [-0.4, -0.2) is 39.5 Å². The SMILES string of the molecule is O=C(CSc1cc(N2CCCCC2)ncn1)c1cccc([N+](=O)[O-])c1. The minimum absolute atomic E-state index is 0.0785. The summed E-state index contributed by atoms with van der Waals surface area (Å²) in [5.74, 6) is 0.907. The van der Waals surface area contributed by atoms with E-state index in [0.717, 1.165) is 36.8 Å². The van der Waals surface area contributed by atoms with Crippen LogP contribution in [0, 0.1) is 10.1 Å². The zero-order chi connectivity index (χ0) is 17.6. The quantitative estimate of drug-likeness (QED) is 0.257. The maximum absolute atomic E-state index is 12.3. The lowest BCUT2D eigenvalue weighted by Crippen LogP contribution is -2.30. The molecule has 1 aromatic carbocycles. The Balaban J connectivity index is 1.64. The van der Waals surface area contributed by atoms with Crippen molar-refractivity contribution in [3.63, 3.8) is 0 Å². The molecule has 1 aliphatic rings. The maximum atomic E-state index is 12.3. The van der Waals surface area contributed by atoms with E-state index in [1.165, 1.54) is 42.7 Å². The molecule has 0 aliphatic carbocycles. The van der Waals surface area contributed by atoms with Gasteiger partial charge in [0, 0.05) is 36.9 Å². The molecule has 1 saturated heterocycles. The molecule has 8 heteroatoms. The molecule has 0 bridgehead atoms. The van der Waals surface area contributed by atoms with Crippen molar-refractivity contribution in [1.82, 2.24) is 9.97 Å². The summed E-state index contributed by atoms with van der Waals surface area (Å²) in [5, 5.41) is 11.5. The molecule has 3 rings (SSSR count). The number of aromatic nitrogens is 2. The molecular weight excluding hydrogens is 340 g/mol. The van der Waals surface area contributed by atoms with Crippen LogP contribution in [0.3, 0.4) is 0 Å². The third kappa shape index (κ3) is 4.54. The number of nitro benzene ring substituents is 1. The van der Waals surface area contributed by atoms with Crippen molar-refractivity contribution >= 4 is 29.1 Å².